The molecule has 7 nitrogen and oxygen atoms in total. The molecule has 0 fully saturated rings. The smallest absolute Gasteiger partial charge is 0.296 e. The molecule has 0 unspecified atom stereocenters. The highest BCUT2D eigenvalue weighted by Gasteiger charge is 2.38. The van der Waals surface area contributed by atoms with Gasteiger partial charge in [0.15, 0.2) is 5.82 Å². The van der Waals surface area contributed by atoms with Crippen LogP contribution in [0.1, 0.15) is 32.1 Å². The maximum absolute atomic E-state index is 13.6. The number of aromatic nitrogens is 2. The first-order valence-corrected chi connectivity index (χ1v) is 11.4. The number of nitrogens with zero attached hydrogens (tertiary/aromatic N) is 2. The molecule has 1 amide bonds. The van der Waals surface area contributed by atoms with Gasteiger partial charge in [0, 0.05) is 11.8 Å². The minimum Gasteiger partial charge on any atom is -0.296 e. The molecule has 2 aromatic carbocycles. The quantitative estimate of drug-likeness (QED) is 0.418. The van der Waals surface area contributed by atoms with Crippen LogP contribution in [0.5, 0.6) is 0 Å². The number of carbonyl (C=O) groups is 2. The number of fused-ring (bicyclic) bond motifs is 2. The van der Waals surface area contributed by atoms with Crippen molar-refractivity contribution in [3.05, 3.63) is 88.3 Å². The van der Waals surface area contributed by atoms with Crippen molar-refractivity contribution in [2.24, 2.45) is 0 Å². The summed E-state index contributed by atoms with van der Waals surface area (Å²) in [5, 5.41) is -0.387. The third-order valence-electron chi connectivity index (χ3n) is 5.31. The standard InChI is InChI=1S/C22H11ClF3N3O4S/c23-14-5-3-4-13(22(24,25)26)17(14)19(30)20-27-18(15-6-1-2-9-29(15)20)11-7-8-12-16(10-11)34(32,33)28-21(12)31/h1-10H,(H,28,31). The number of rotatable bonds is 3. The van der Waals surface area contributed by atoms with Crippen LogP contribution in [0.15, 0.2) is 65.7 Å². The number of halogens is 4. The number of pyridine rings is 1. The lowest BCUT2D eigenvalue weighted by Crippen LogP contribution is -2.20. The number of benzene rings is 2. The fraction of sp³-hybridized carbons (Fsp3) is 0.0455. The van der Waals surface area contributed by atoms with E-state index < -0.39 is 39.0 Å². The molecule has 0 radical (unpaired) electrons. The van der Waals surface area contributed by atoms with Crippen molar-refractivity contribution in [2.75, 3.05) is 0 Å². The fourth-order valence-corrected chi connectivity index (χ4v) is 5.28. The Bertz CT molecular complexity index is 1650. The lowest BCUT2D eigenvalue weighted by atomic mass is 10.0. The van der Waals surface area contributed by atoms with Crippen LogP contribution >= 0.6 is 11.6 Å². The van der Waals surface area contributed by atoms with Crippen LogP contribution in [-0.4, -0.2) is 29.5 Å². The number of nitrogens with one attached hydrogen (secondary N) is 1. The topological polar surface area (TPSA) is 97.6 Å². The van der Waals surface area contributed by atoms with Gasteiger partial charge >= 0.3 is 6.18 Å². The monoisotopic (exact) mass is 505 g/mol. The number of imidazole rings is 1. The van der Waals surface area contributed by atoms with Crippen LogP contribution < -0.4 is 4.72 Å². The van der Waals surface area contributed by atoms with E-state index in [9.17, 15) is 31.2 Å². The molecular formula is C22H11ClF3N3O4S. The Kier molecular flexibility index (Phi) is 4.81. The summed E-state index contributed by atoms with van der Waals surface area (Å²) in [6.07, 6.45) is -3.39. The number of hydrogen-bond acceptors (Lipinski definition) is 5. The van der Waals surface area contributed by atoms with Gasteiger partial charge in [-0.3, -0.25) is 14.0 Å². The zero-order valence-corrected chi connectivity index (χ0v) is 18.3. The maximum Gasteiger partial charge on any atom is 0.417 e. The van der Waals surface area contributed by atoms with E-state index in [0.717, 1.165) is 12.1 Å². The molecule has 0 aliphatic carbocycles. The second-order valence-corrected chi connectivity index (χ2v) is 9.43. The predicted molar refractivity (Wildman–Crippen MR) is 115 cm³/mol. The summed E-state index contributed by atoms with van der Waals surface area (Å²) < 4.78 is 68.4. The Labute approximate surface area is 194 Å². The predicted octanol–water partition coefficient (Wildman–Crippen LogP) is 4.34. The molecule has 34 heavy (non-hydrogen) atoms. The lowest BCUT2D eigenvalue weighted by Gasteiger charge is -2.12. The summed E-state index contributed by atoms with van der Waals surface area (Å²) in [7, 11) is -4.06. The summed E-state index contributed by atoms with van der Waals surface area (Å²) >= 11 is 6.00. The molecule has 0 saturated carbocycles. The number of carbonyl (C=O) groups excluding carboxylic acids is 2. The number of alkyl halides is 3. The van der Waals surface area contributed by atoms with Gasteiger partial charge in [-0.05, 0) is 36.4 Å². The summed E-state index contributed by atoms with van der Waals surface area (Å²) in [4.78, 5) is 29.2. The van der Waals surface area contributed by atoms with E-state index in [1.807, 2.05) is 4.72 Å². The Morgan fingerprint density at radius 2 is 1.82 bits per heavy atom. The van der Waals surface area contributed by atoms with E-state index in [0.29, 0.717) is 5.52 Å². The molecule has 0 bridgehead atoms. The number of hydrogen-bond donors (Lipinski definition) is 1. The molecule has 5 rings (SSSR count). The minimum atomic E-state index is -4.83. The molecule has 1 N–H and O–H groups in total. The van der Waals surface area contributed by atoms with Crippen LogP contribution in [-0.2, 0) is 16.2 Å². The van der Waals surface area contributed by atoms with E-state index in [1.165, 1.54) is 34.9 Å². The molecule has 1 aliphatic heterocycles. The van der Waals surface area contributed by atoms with Crippen molar-refractivity contribution in [2.45, 2.75) is 11.1 Å². The fourth-order valence-electron chi connectivity index (χ4n) is 3.82. The van der Waals surface area contributed by atoms with E-state index >= 15 is 0 Å². The van der Waals surface area contributed by atoms with Gasteiger partial charge in [0.05, 0.1) is 32.9 Å². The van der Waals surface area contributed by atoms with Gasteiger partial charge in [-0.2, -0.15) is 13.2 Å². The van der Waals surface area contributed by atoms with Crippen LogP contribution in [0.25, 0.3) is 16.8 Å². The third-order valence-corrected chi connectivity index (χ3v) is 7.00. The second-order valence-electron chi connectivity index (χ2n) is 7.37. The summed E-state index contributed by atoms with van der Waals surface area (Å²) in [6, 6.07) is 11.8. The van der Waals surface area contributed by atoms with Crippen molar-refractivity contribution >= 4 is 38.8 Å². The molecule has 4 aromatic rings. The SMILES string of the molecule is O=C1NS(=O)(=O)c2cc(-c3nc(C(=O)c4c(Cl)cccc4C(F)(F)F)n4ccccc34)ccc21. The average Bonchev–Trinajstić information content (AvgIpc) is 3.27. The van der Waals surface area contributed by atoms with E-state index in [4.69, 9.17) is 11.6 Å². The van der Waals surface area contributed by atoms with Gasteiger partial charge in [-0.25, -0.2) is 18.1 Å². The van der Waals surface area contributed by atoms with Gasteiger partial charge in [-0.15, -0.1) is 0 Å². The largest absolute Gasteiger partial charge is 0.417 e. The number of amides is 1. The summed E-state index contributed by atoms with van der Waals surface area (Å²) in [6.45, 7) is 0. The summed E-state index contributed by atoms with van der Waals surface area (Å²) in [5.74, 6) is -2.18. The first kappa shape index (κ1) is 22.1. The van der Waals surface area contributed by atoms with Crippen molar-refractivity contribution < 1.29 is 31.2 Å². The van der Waals surface area contributed by atoms with Gasteiger partial charge in [0.25, 0.3) is 15.9 Å². The van der Waals surface area contributed by atoms with E-state index in [1.54, 1.807) is 18.2 Å². The molecule has 12 heteroatoms. The van der Waals surface area contributed by atoms with Crippen molar-refractivity contribution in [1.82, 2.24) is 14.1 Å². The van der Waals surface area contributed by atoms with Gasteiger partial charge in [0.2, 0.25) is 5.78 Å². The highest BCUT2D eigenvalue weighted by molar-refractivity contribution is 7.90. The Hall–Kier alpha value is -3.70. The Morgan fingerprint density at radius 3 is 2.56 bits per heavy atom. The third kappa shape index (κ3) is 3.35. The normalized spacial score (nSPS) is 14.8. The summed E-state index contributed by atoms with van der Waals surface area (Å²) in [5.41, 5.74) is -1.27. The molecule has 1 aliphatic rings. The van der Waals surface area contributed by atoms with Gasteiger partial charge in [0.1, 0.15) is 4.90 Å². The van der Waals surface area contributed by atoms with Crippen LogP contribution in [0.3, 0.4) is 0 Å². The van der Waals surface area contributed by atoms with E-state index in [2.05, 4.69) is 4.98 Å². The van der Waals surface area contributed by atoms with Crippen LogP contribution in [0, 0.1) is 0 Å². The highest BCUT2D eigenvalue weighted by Crippen LogP contribution is 2.37. The minimum absolute atomic E-state index is 0.0468. The molecule has 172 valence electrons. The highest BCUT2D eigenvalue weighted by atomic mass is 35.5. The molecule has 2 aromatic heterocycles. The zero-order chi connectivity index (χ0) is 24.4. The van der Waals surface area contributed by atoms with Crippen molar-refractivity contribution in [3.63, 3.8) is 0 Å². The second kappa shape index (κ2) is 7.40. The van der Waals surface area contributed by atoms with Crippen molar-refractivity contribution in [1.29, 1.82) is 0 Å². The van der Waals surface area contributed by atoms with Gasteiger partial charge in [-0.1, -0.05) is 29.8 Å². The lowest BCUT2D eigenvalue weighted by molar-refractivity contribution is -0.137. The molecular weight excluding hydrogens is 495 g/mol. The maximum atomic E-state index is 13.6. The van der Waals surface area contributed by atoms with Crippen molar-refractivity contribution in [3.8, 4) is 11.3 Å². The molecule has 0 atom stereocenters. The van der Waals surface area contributed by atoms with E-state index in [-0.39, 0.29) is 32.6 Å². The number of ketones is 1. The molecule has 3 heterocycles. The molecule has 0 spiro atoms. The first-order valence-electron chi connectivity index (χ1n) is 9.58. The van der Waals surface area contributed by atoms with Crippen LogP contribution in [0.2, 0.25) is 5.02 Å². The zero-order valence-electron chi connectivity index (χ0n) is 16.7. The number of sulfonamides is 1. The Morgan fingerprint density at radius 1 is 1.06 bits per heavy atom. The Balaban J connectivity index is 1.73. The van der Waals surface area contributed by atoms with Gasteiger partial charge < -0.3 is 0 Å². The van der Waals surface area contributed by atoms with Crippen LogP contribution in [0.4, 0.5) is 13.2 Å². The first-order chi connectivity index (χ1) is 16.0. The average molecular weight is 506 g/mol. The molecule has 0 saturated heterocycles.